The highest BCUT2D eigenvalue weighted by Crippen LogP contribution is 2.34. The zero-order valence-electron chi connectivity index (χ0n) is 16.4. The Hall–Kier alpha value is -2.80. The number of fused-ring (bicyclic) bond motifs is 2. The number of nitrogens with zero attached hydrogens (tertiary/aromatic N) is 2. The molecule has 2 aromatic carbocycles. The summed E-state index contributed by atoms with van der Waals surface area (Å²) < 4.78 is 1.64. The van der Waals surface area contributed by atoms with Gasteiger partial charge in [0.15, 0.2) is 0 Å². The van der Waals surface area contributed by atoms with Gasteiger partial charge in [0.25, 0.3) is 0 Å². The van der Waals surface area contributed by atoms with E-state index in [1.165, 1.54) is 0 Å². The molecule has 0 aliphatic carbocycles. The number of aromatic nitrogens is 2. The molecular formula is C22H24N4O2S. The number of amides is 2. The maximum atomic E-state index is 12.9. The van der Waals surface area contributed by atoms with E-state index in [9.17, 15) is 9.59 Å². The van der Waals surface area contributed by atoms with Gasteiger partial charge in [0.2, 0.25) is 11.8 Å². The Morgan fingerprint density at radius 3 is 2.79 bits per heavy atom. The molecule has 0 unspecified atom stereocenters. The van der Waals surface area contributed by atoms with Crippen molar-refractivity contribution in [2.75, 3.05) is 11.9 Å². The first-order valence-electron chi connectivity index (χ1n) is 9.85. The number of hydrogen-bond donors (Lipinski definition) is 2. The summed E-state index contributed by atoms with van der Waals surface area (Å²) >= 11 is 1.77. The van der Waals surface area contributed by atoms with Crippen LogP contribution < -0.4 is 10.6 Å². The van der Waals surface area contributed by atoms with Crippen LogP contribution in [0.3, 0.4) is 0 Å². The van der Waals surface area contributed by atoms with Crippen molar-refractivity contribution in [2.45, 2.75) is 37.8 Å². The van der Waals surface area contributed by atoms with E-state index in [0.717, 1.165) is 45.5 Å². The number of nitrogens with one attached hydrogen (secondary N) is 2. The highest BCUT2D eigenvalue weighted by molar-refractivity contribution is 7.98. The largest absolute Gasteiger partial charge is 0.355 e. The number of thioether (sulfide) groups is 1. The molecule has 0 saturated heterocycles. The maximum absolute atomic E-state index is 12.9. The van der Waals surface area contributed by atoms with Gasteiger partial charge in [0.05, 0.1) is 12.1 Å². The lowest BCUT2D eigenvalue weighted by atomic mass is 10.0. The molecule has 2 N–H and O–H groups in total. The van der Waals surface area contributed by atoms with Crippen LogP contribution in [-0.4, -0.2) is 28.1 Å². The van der Waals surface area contributed by atoms with Crippen LogP contribution in [0, 0.1) is 0 Å². The first-order chi connectivity index (χ1) is 14.2. The Morgan fingerprint density at radius 2 is 1.93 bits per heavy atom. The SMILES string of the molecule is CCCNC(=O)Cn1nc2c(c1NC(=O)Cc1cccc3ccccc13)CSC2. The molecule has 7 heteroatoms. The van der Waals surface area contributed by atoms with Crippen LogP contribution >= 0.6 is 11.8 Å². The van der Waals surface area contributed by atoms with Gasteiger partial charge in [0.1, 0.15) is 12.4 Å². The lowest BCUT2D eigenvalue weighted by Gasteiger charge is -2.12. The van der Waals surface area contributed by atoms with Crippen molar-refractivity contribution in [3.63, 3.8) is 0 Å². The Bertz CT molecular complexity index is 1050. The van der Waals surface area contributed by atoms with Gasteiger partial charge in [-0.3, -0.25) is 9.59 Å². The van der Waals surface area contributed by atoms with Crippen molar-refractivity contribution in [1.29, 1.82) is 0 Å². The Balaban J connectivity index is 1.54. The molecule has 0 radical (unpaired) electrons. The third-order valence-corrected chi connectivity index (χ3v) is 5.94. The molecule has 4 rings (SSSR count). The molecule has 1 aliphatic rings. The maximum Gasteiger partial charge on any atom is 0.241 e. The molecule has 6 nitrogen and oxygen atoms in total. The van der Waals surface area contributed by atoms with Gasteiger partial charge in [-0.15, -0.1) is 0 Å². The summed E-state index contributed by atoms with van der Waals surface area (Å²) in [6, 6.07) is 14.1. The van der Waals surface area contributed by atoms with Gasteiger partial charge in [-0.25, -0.2) is 4.68 Å². The Kier molecular flexibility index (Phi) is 5.85. The molecule has 1 aliphatic heterocycles. The highest BCUT2D eigenvalue weighted by Gasteiger charge is 2.25. The van der Waals surface area contributed by atoms with E-state index in [4.69, 9.17) is 0 Å². The average Bonchev–Trinajstić information content (AvgIpc) is 3.29. The van der Waals surface area contributed by atoms with Crippen LogP contribution in [0.2, 0.25) is 0 Å². The predicted molar refractivity (Wildman–Crippen MR) is 117 cm³/mol. The summed E-state index contributed by atoms with van der Waals surface area (Å²) in [6.45, 7) is 2.76. The molecule has 0 bridgehead atoms. The Labute approximate surface area is 174 Å². The quantitative estimate of drug-likeness (QED) is 0.627. The normalized spacial score (nSPS) is 12.7. The van der Waals surface area contributed by atoms with Gasteiger partial charge in [0, 0.05) is 23.6 Å². The van der Waals surface area contributed by atoms with Gasteiger partial charge in [-0.2, -0.15) is 16.9 Å². The predicted octanol–water partition coefficient (Wildman–Crippen LogP) is 3.49. The summed E-state index contributed by atoms with van der Waals surface area (Å²) in [4.78, 5) is 25.1. The van der Waals surface area contributed by atoms with E-state index < -0.39 is 0 Å². The van der Waals surface area contributed by atoms with E-state index in [1.807, 2.05) is 49.4 Å². The van der Waals surface area contributed by atoms with Crippen LogP contribution in [0.15, 0.2) is 42.5 Å². The molecule has 2 heterocycles. The molecule has 29 heavy (non-hydrogen) atoms. The van der Waals surface area contributed by atoms with Crippen LogP contribution in [0.5, 0.6) is 0 Å². The van der Waals surface area contributed by atoms with Gasteiger partial charge < -0.3 is 10.6 Å². The fourth-order valence-electron chi connectivity index (χ4n) is 3.57. The second-order valence-corrected chi connectivity index (χ2v) is 8.12. The first kappa shape index (κ1) is 19.5. The minimum absolute atomic E-state index is 0.0924. The monoisotopic (exact) mass is 408 g/mol. The summed E-state index contributed by atoms with van der Waals surface area (Å²) in [5, 5.41) is 12.7. The smallest absolute Gasteiger partial charge is 0.241 e. The second kappa shape index (κ2) is 8.69. The van der Waals surface area contributed by atoms with Crippen LogP contribution in [0.1, 0.15) is 30.2 Å². The zero-order chi connectivity index (χ0) is 20.2. The van der Waals surface area contributed by atoms with Gasteiger partial charge >= 0.3 is 0 Å². The van der Waals surface area contributed by atoms with E-state index >= 15 is 0 Å². The number of hydrogen-bond acceptors (Lipinski definition) is 4. The number of benzene rings is 2. The van der Waals surface area contributed by atoms with Crippen molar-refractivity contribution in [3.05, 3.63) is 59.3 Å². The average molecular weight is 409 g/mol. The fraction of sp³-hybridized carbons (Fsp3) is 0.318. The van der Waals surface area contributed by atoms with Gasteiger partial charge in [-0.1, -0.05) is 49.4 Å². The minimum Gasteiger partial charge on any atom is -0.355 e. The van der Waals surface area contributed by atoms with E-state index in [-0.39, 0.29) is 24.8 Å². The first-order valence-corrected chi connectivity index (χ1v) is 11.0. The van der Waals surface area contributed by atoms with Crippen molar-refractivity contribution < 1.29 is 9.59 Å². The van der Waals surface area contributed by atoms with Gasteiger partial charge in [-0.05, 0) is 22.8 Å². The van der Waals surface area contributed by atoms with Crippen LogP contribution in [0.25, 0.3) is 10.8 Å². The number of anilines is 1. The molecule has 0 saturated carbocycles. The van der Waals surface area contributed by atoms with Crippen molar-refractivity contribution in [3.8, 4) is 0 Å². The van der Waals surface area contributed by atoms with Crippen molar-refractivity contribution in [2.24, 2.45) is 0 Å². The lowest BCUT2D eigenvalue weighted by molar-refractivity contribution is -0.122. The molecule has 1 aromatic heterocycles. The molecule has 0 spiro atoms. The minimum atomic E-state index is -0.101. The molecule has 2 amide bonds. The third-order valence-electron chi connectivity index (χ3n) is 4.97. The van der Waals surface area contributed by atoms with Crippen molar-refractivity contribution >= 4 is 40.2 Å². The van der Waals surface area contributed by atoms with Crippen molar-refractivity contribution in [1.82, 2.24) is 15.1 Å². The highest BCUT2D eigenvalue weighted by atomic mass is 32.2. The van der Waals surface area contributed by atoms with E-state index in [1.54, 1.807) is 16.4 Å². The summed E-state index contributed by atoms with van der Waals surface area (Å²) in [5.41, 5.74) is 2.97. The molecule has 3 aromatic rings. The molecule has 0 atom stereocenters. The molecule has 150 valence electrons. The number of rotatable bonds is 7. The van der Waals surface area contributed by atoms with Crippen LogP contribution in [0.4, 0.5) is 5.82 Å². The summed E-state index contributed by atoms with van der Waals surface area (Å²) in [6.07, 6.45) is 1.16. The topological polar surface area (TPSA) is 76.0 Å². The molecular weight excluding hydrogens is 384 g/mol. The fourth-order valence-corrected chi connectivity index (χ4v) is 4.61. The summed E-state index contributed by atoms with van der Waals surface area (Å²) in [7, 11) is 0. The lowest BCUT2D eigenvalue weighted by Crippen LogP contribution is -2.29. The molecule has 0 fully saturated rings. The van der Waals surface area contributed by atoms with E-state index in [0.29, 0.717) is 12.4 Å². The second-order valence-electron chi connectivity index (χ2n) is 7.14. The zero-order valence-corrected chi connectivity index (χ0v) is 17.2. The standard InChI is InChI=1S/C22H24N4O2S/c1-2-10-23-21(28)12-26-22(18-13-29-14-19(18)25-26)24-20(27)11-16-8-5-7-15-6-3-4-9-17(15)16/h3-9H,2,10-14H2,1H3,(H,23,28)(H,24,27). The summed E-state index contributed by atoms with van der Waals surface area (Å²) in [5.74, 6) is 2.07. The third kappa shape index (κ3) is 4.29. The Morgan fingerprint density at radius 1 is 1.10 bits per heavy atom. The van der Waals surface area contributed by atoms with E-state index in [2.05, 4.69) is 15.7 Å². The number of carbonyl (C=O) groups is 2. The number of carbonyl (C=O) groups excluding carboxylic acids is 2. The van der Waals surface area contributed by atoms with Crippen LogP contribution in [-0.2, 0) is 34.1 Å².